The first kappa shape index (κ1) is 15.4. The lowest BCUT2D eigenvalue weighted by molar-refractivity contribution is -0.130. The Balaban J connectivity index is 2.37. The third kappa shape index (κ3) is 5.26. The standard InChI is InChI=1S/C14H21FN2O2/c1-11-4-5-12(15)10-13(11)19-9-6-14(18)17(2)8-3-7-16/h4-5,10H,3,6-9,16H2,1-2H3. The second-order valence-corrected chi connectivity index (χ2v) is 4.47. The van der Waals surface area contributed by atoms with E-state index in [9.17, 15) is 9.18 Å². The molecule has 0 radical (unpaired) electrons. The zero-order valence-electron chi connectivity index (χ0n) is 11.5. The highest BCUT2D eigenvalue weighted by molar-refractivity contribution is 5.75. The molecule has 0 bridgehead atoms. The zero-order chi connectivity index (χ0) is 14.3. The molecule has 1 amide bonds. The minimum Gasteiger partial charge on any atom is -0.493 e. The molecule has 0 saturated carbocycles. The van der Waals surface area contributed by atoms with Crippen molar-refractivity contribution in [2.24, 2.45) is 5.73 Å². The number of rotatable bonds is 7. The van der Waals surface area contributed by atoms with Crippen LogP contribution in [0.5, 0.6) is 5.75 Å². The van der Waals surface area contributed by atoms with Gasteiger partial charge >= 0.3 is 0 Å². The molecule has 0 saturated heterocycles. The van der Waals surface area contributed by atoms with Crippen molar-refractivity contribution in [2.75, 3.05) is 26.7 Å². The van der Waals surface area contributed by atoms with Gasteiger partial charge in [-0.2, -0.15) is 0 Å². The Morgan fingerprint density at radius 1 is 1.47 bits per heavy atom. The second-order valence-electron chi connectivity index (χ2n) is 4.47. The van der Waals surface area contributed by atoms with E-state index in [2.05, 4.69) is 0 Å². The molecule has 0 aromatic heterocycles. The van der Waals surface area contributed by atoms with Gasteiger partial charge in [-0.15, -0.1) is 0 Å². The smallest absolute Gasteiger partial charge is 0.225 e. The summed E-state index contributed by atoms with van der Waals surface area (Å²) in [6, 6.07) is 4.37. The molecule has 0 aliphatic heterocycles. The fourth-order valence-electron chi connectivity index (χ4n) is 1.62. The van der Waals surface area contributed by atoms with E-state index in [1.807, 2.05) is 6.92 Å². The Bertz CT molecular complexity index is 424. The molecule has 1 aromatic rings. The molecule has 0 atom stereocenters. The number of hydrogen-bond donors (Lipinski definition) is 1. The van der Waals surface area contributed by atoms with Gasteiger partial charge in [0, 0.05) is 19.7 Å². The Kier molecular flexibility index (Phi) is 6.29. The summed E-state index contributed by atoms with van der Waals surface area (Å²) < 4.78 is 18.5. The number of hydrogen-bond acceptors (Lipinski definition) is 3. The number of carbonyl (C=O) groups excluding carboxylic acids is 1. The average molecular weight is 268 g/mol. The molecule has 5 heteroatoms. The van der Waals surface area contributed by atoms with Crippen LogP contribution in [-0.4, -0.2) is 37.6 Å². The molecule has 106 valence electrons. The first-order valence-corrected chi connectivity index (χ1v) is 6.37. The van der Waals surface area contributed by atoms with Gasteiger partial charge in [0.25, 0.3) is 0 Å². The number of ether oxygens (including phenoxy) is 1. The van der Waals surface area contributed by atoms with Crippen molar-refractivity contribution in [1.29, 1.82) is 0 Å². The second kappa shape index (κ2) is 7.74. The maximum Gasteiger partial charge on any atom is 0.225 e. The minimum atomic E-state index is -0.341. The van der Waals surface area contributed by atoms with Crippen LogP contribution in [0.2, 0.25) is 0 Å². The van der Waals surface area contributed by atoms with E-state index in [0.29, 0.717) is 18.8 Å². The van der Waals surface area contributed by atoms with Crippen LogP contribution in [0.15, 0.2) is 18.2 Å². The van der Waals surface area contributed by atoms with E-state index in [1.165, 1.54) is 12.1 Å². The topological polar surface area (TPSA) is 55.6 Å². The van der Waals surface area contributed by atoms with Crippen molar-refractivity contribution in [2.45, 2.75) is 19.8 Å². The third-order valence-electron chi connectivity index (χ3n) is 2.85. The Hall–Kier alpha value is -1.62. The molecule has 0 spiro atoms. The molecule has 19 heavy (non-hydrogen) atoms. The summed E-state index contributed by atoms with van der Waals surface area (Å²) in [6.07, 6.45) is 1.06. The van der Waals surface area contributed by atoms with E-state index in [0.717, 1.165) is 12.0 Å². The highest BCUT2D eigenvalue weighted by Crippen LogP contribution is 2.18. The summed E-state index contributed by atoms with van der Waals surface area (Å²) in [5.74, 6) is 0.145. The van der Waals surface area contributed by atoms with Gasteiger partial charge in [-0.3, -0.25) is 4.79 Å². The van der Waals surface area contributed by atoms with E-state index < -0.39 is 0 Å². The molecule has 0 unspecified atom stereocenters. The molecule has 0 aliphatic rings. The summed E-state index contributed by atoms with van der Waals surface area (Å²) >= 11 is 0. The summed E-state index contributed by atoms with van der Waals surface area (Å²) in [7, 11) is 1.74. The highest BCUT2D eigenvalue weighted by Gasteiger charge is 2.09. The van der Waals surface area contributed by atoms with Crippen molar-refractivity contribution >= 4 is 5.91 Å². The maximum absolute atomic E-state index is 13.0. The largest absolute Gasteiger partial charge is 0.493 e. The lowest BCUT2D eigenvalue weighted by Crippen LogP contribution is -2.30. The number of carbonyl (C=O) groups is 1. The SMILES string of the molecule is Cc1ccc(F)cc1OCCC(=O)N(C)CCCN. The van der Waals surface area contributed by atoms with Crippen LogP contribution in [0.3, 0.4) is 0 Å². The van der Waals surface area contributed by atoms with Crippen LogP contribution in [0.1, 0.15) is 18.4 Å². The summed E-state index contributed by atoms with van der Waals surface area (Å²) in [5.41, 5.74) is 6.24. The van der Waals surface area contributed by atoms with E-state index in [-0.39, 0.29) is 24.8 Å². The molecule has 2 N–H and O–H groups in total. The number of halogens is 1. The number of amides is 1. The number of benzene rings is 1. The van der Waals surface area contributed by atoms with Gasteiger partial charge in [0.2, 0.25) is 5.91 Å². The average Bonchev–Trinajstić information content (AvgIpc) is 2.39. The van der Waals surface area contributed by atoms with Crippen LogP contribution in [0.25, 0.3) is 0 Å². The molecule has 0 fully saturated rings. The summed E-state index contributed by atoms with van der Waals surface area (Å²) in [6.45, 7) is 3.30. The van der Waals surface area contributed by atoms with Crippen molar-refractivity contribution in [3.05, 3.63) is 29.6 Å². The summed E-state index contributed by atoms with van der Waals surface area (Å²) in [5, 5.41) is 0. The van der Waals surface area contributed by atoms with Gasteiger partial charge in [0.15, 0.2) is 0 Å². The molecule has 0 aliphatic carbocycles. The van der Waals surface area contributed by atoms with Crippen LogP contribution in [0.4, 0.5) is 4.39 Å². The van der Waals surface area contributed by atoms with E-state index in [1.54, 1.807) is 18.0 Å². The summed E-state index contributed by atoms with van der Waals surface area (Å²) in [4.78, 5) is 13.4. The fourth-order valence-corrected chi connectivity index (χ4v) is 1.62. The van der Waals surface area contributed by atoms with E-state index >= 15 is 0 Å². The molecular formula is C14H21FN2O2. The Morgan fingerprint density at radius 3 is 2.89 bits per heavy atom. The molecule has 0 heterocycles. The van der Waals surface area contributed by atoms with Crippen molar-refractivity contribution in [3.8, 4) is 5.75 Å². The number of nitrogens with zero attached hydrogens (tertiary/aromatic N) is 1. The molecule has 1 rings (SSSR count). The zero-order valence-corrected chi connectivity index (χ0v) is 11.5. The van der Waals surface area contributed by atoms with Crippen molar-refractivity contribution in [3.63, 3.8) is 0 Å². The van der Waals surface area contributed by atoms with Crippen LogP contribution < -0.4 is 10.5 Å². The van der Waals surface area contributed by atoms with Crippen molar-refractivity contribution < 1.29 is 13.9 Å². The predicted molar refractivity (Wildman–Crippen MR) is 72.6 cm³/mol. The first-order valence-electron chi connectivity index (χ1n) is 6.37. The van der Waals surface area contributed by atoms with Crippen LogP contribution >= 0.6 is 0 Å². The molecule has 4 nitrogen and oxygen atoms in total. The van der Waals surface area contributed by atoms with Gasteiger partial charge < -0.3 is 15.4 Å². The third-order valence-corrected chi connectivity index (χ3v) is 2.85. The quantitative estimate of drug-likeness (QED) is 0.819. The Labute approximate surface area is 113 Å². The van der Waals surface area contributed by atoms with Gasteiger partial charge in [-0.25, -0.2) is 4.39 Å². The lowest BCUT2D eigenvalue weighted by atomic mass is 10.2. The van der Waals surface area contributed by atoms with Gasteiger partial charge in [-0.1, -0.05) is 6.07 Å². The normalized spacial score (nSPS) is 10.3. The first-order chi connectivity index (χ1) is 9.04. The van der Waals surface area contributed by atoms with Crippen LogP contribution in [-0.2, 0) is 4.79 Å². The lowest BCUT2D eigenvalue weighted by Gasteiger charge is -2.17. The fraction of sp³-hybridized carbons (Fsp3) is 0.500. The molecule has 1 aromatic carbocycles. The van der Waals surface area contributed by atoms with E-state index in [4.69, 9.17) is 10.5 Å². The van der Waals surface area contributed by atoms with Gasteiger partial charge in [-0.05, 0) is 31.5 Å². The van der Waals surface area contributed by atoms with Gasteiger partial charge in [0.1, 0.15) is 11.6 Å². The number of nitrogens with two attached hydrogens (primary N) is 1. The van der Waals surface area contributed by atoms with Crippen molar-refractivity contribution in [1.82, 2.24) is 4.90 Å². The predicted octanol–water partition coefficient (Wildman–Crippen LogP) is 1.71. The minimum absolute atomic E-state index is 0.00232. The number of aryl methyl sites for hydroxylation is 1. The maximum atomic E-state index is 13.0. The van der Waals surface area contributed by atoms with Crippen LogP contribution in [0, 0.1) is 12.7 Å². The molecular weight excluding hydrogens is 247 g/mol. The Morgan fingerprint density at radius 2 is 2.21 bits per heavy atom. The monoisotopic (exact) mass is 268 g/mol. The highest BCUT2D eigenvalue weighted by atomic mass is 19.1. The van der Waals surface area contributed by atoms with Gasteiger partial charge in [0.05, 0.1) is 13.0 Å².